The van der Waals surface area contributed by atoms with Crippen LogP contribution in [0.25, 0.3) is 20.8 Å². The minimum Gasteiger partial charge on any atom is -0.322 e. The van der Waals surface area contributed by atoms with Gasteiger partial charge in [0.2, 0.25) is 0 Å². The number of aromatic amines is 1. The Kier molecular flexibility index (Phi) is 5.84. The van der Waals surface area contributed by atoms with E-state index in [1.165, 1.54) is 23.8 Å². The van der Waals surface area contributed by atoms with Crippen molar-refractivity contribution in [2.75, 3.05) is 5.32 Å². The number of benzene rings is 3. The Labute approximate surface area is 202 Å². The first-order valence-corrected chi connectivity index (χ1v) is 11.6. The molecule has 0 fully saturated rings. The largest absolute Gasteiger partial charge is 0.328 e. The summed E-state index contributed by atoms with van der Waals surface area (Å²) in [6, 6.07) is 19.0. The molecule has 2 aromatic heterocycles. The third-order valence-corrected chi connectivity index (χ3v) is 6.59. The summed E-state index contributed by atoms with van der Waals surface area (Å²) >= 11 is 1.58. The minimum atomic E-state index is -0.809. The van der Waals surface area contributed by atoms with Crippen molar-refractivity contribution in [3.05, 3.63) is 116 Å². The summed E-state index contributed by atoms with van der Waals surface area (Å²) in [5.41, 5.74) is 1.84. The zero-order valence-electron chi connectivity index (χ0n) is 18.5. The highest BCUT2D eigenvalue weighted by atomic mass is 32.1. The Bertz CT molecular complexity index is 1690. The van der Waals surface area contributed by atoms with E-state index in [1.54, 1.807) is 29.5 Å². The first kappa shape index (κ1) is 22.4. The molecule has 5 rings (SSSR count). The van der Waals surface area contributed by atoms with Gasteiger partial charge in [-0.25, -0.2) is 14.2 Å². The number of halogens is 1. The molecule has 3 aromatic carbocycles. The zero-order valence-corrected chi connectivity index (χ0v) is 19.4. The van der Waals surface area contributed by atoms with Gasteiger partial charge in [0.1, 0.15) is 16.4 Å². The van der Waals surface area contributed by atoms with Crippen LogP contribution < -0.4 is 16.6 Å². The van der Waals surface area contributed by atoms with Crippen molar-refractivity contribution in [2.45, 2.75) is 13.5 Å². The molecule has 0 bridgehead atoms. The summed E-state index contributed by atoms with van der Waals surface area (Å²) in [5, 5.41) is 3.53. The molecule has 0 aliphatic carbocycles. The normalized spacial score (nSPS) is 11.0. The molecular formula is C26H19FN4O3S. The zero-order chi connectivity index (χ0) is 24.5. The van der Waals surface area contributed by atoms with Crippen LogP contribution in [0.1, 0.15) is 21.5 Å². The third-order valence-electron chi connectivity index (χ3n) is 5.53. The molecule has 0 aliphatic rings. The summed E-state index contributed by atoms with van der Waals surface area (Å²) in [7, 11) is 0. The van der Waals surface area contributed by atoms with Crippen LogP contribution in [0.2, 0.25) is 0 Å². The number of H-pyrrole nitrogens is 1. The van der Waals surface area contributed by atoms with Crippen molar-refractivity contribution in [2.24, 2.45) is 0 Å². The van der Waals surface area contributed by atoms with Gasteiger partial charge in [0, 0.05) is 23.0 Å². The first-order chi connectivity index (χ1) is 16.9. The van der Waals surface area contributed by atoms with Gasteiger partial charge in [0.25, 0.3) is 11.5 Å². The summed E-state index contributed by atoms with van der Waals surface area (Å²) in [6.07, 6.45) is 1.06. The fourth-order valence-corrected chi connectivity index (χ4v) is 4.73. The van der Waals surface area contributed by atoms with E-state index in [2.05, 4.69) is 21.4 Å². The Morgan fingerprint density at radius 1 is 1.09 bits per heavy atom. The molecule has 0 aliphatic heterocycles. The second-order valence-corrected chi connectivity index (χ2v) is 9.04. The van der Waals surface area contributed by atoms with Gasteiger partial charge in [-0.3, -0.25) is 14.2 Å². The second kappa shape index (κ2) is 9.11. The lowest BCUT2D eigenvalue weighted by Crippen LogP contribution is -2.39. The molecule has 7 nitrogen and oxygen atoms in total. The predicted molar refractivity (Wildman–Crippen MR) is 135 cm³/mol. The molecule has 0 saturated heterocycles. The molecule has 35 heavy (non-hydrogen) atoms. The van der Waals surface area contributed by atoms with E-state index in [9.17, 15) is 18.8 Å². The van der Waals surface area contributed by atoms with Gasteiger partial charge in [-0.1, -0.05) is 24.3 Å². The molecule has 174 valence electrons. The first-order valence-electron chi connectivity index (χ1n) is 10.7. The number of fused-ring (bicyclic) bond motifs is 1. The van der Waals surface area contributed by atoms with Crippen molar-refractivity contribution in [3.8, 4) is 10.6 Å². The van der Waals surface area contributed by atoms with Crippen molar-refractivity contribution < 1.29 is 9.18 Å². The maximum Gasteiger partial charge on any atom is 0.328 e. The van der Waals surface area contributed by atoms with Crippen LogP contribution in [0.3, 0.4) is 0 Å². The van der Waals surface area contributed by atoms with Crippen molar-refractivity contribution in [1.29, 1.82) is 0 Å². The maximum atomic E-state index is 14.0. The summed E-state index contributed by atoms with van der Waals surface area (Å²) in [6.45, 7) is 1.74. The maximum absolute atomic E-state index is 14.0. The van der Waals surface area contributed by atoms with Gasteiger partial charge < -0.3 is 10.3 Å². The van der Waals surface area contributed by atoms with Crippen LogP contribution in [0.15, 0.2) is 82.5 Å². The number of thiazole rings is 1. The molecule has 0 saturated carbocycles. The summed E-state index contributed by atoms with van der Waals surface area (Å²) in [4.78, 5) is 44.9. The topological polar surface area (TPSA) is 96.8 Å². The Hall–Kier alpha value is -4.37. The molecule has 1 amide bonds. The molecule has 5 aromatic rings. The van der Waals surface area contributed by atoms with E-state index in [0.717, 1.165) is 31.6 Å². The van der Waals surface area contributed by atoms with Crippen molar-refractivity contribution >= 4 is 33.1 Å². The molecular weight excluding hydrogens is 467 g/mol. The molecule has 0 spiro atoms. The van der Waals surface area contributed by atoms with Gasteiger partial charge in [-0.15, -0.1) is 11.3 Å². The fourth-order valence-electron chi connectivity index (χ4n) is 3.66. The summed E-state index contributed by atoms with van der Waals surface area (Å²) < 4.78 is 15.9. The van der Waals surface area contributed by atoms with Crippen LogP contribution >= 0.6 is 11.3 Å². The fraction of sp³-hybridized carbons (Fsp3) is 0.0769. The van der Waals surface area contributed by atoms with Crippen molar-refractivity contribution in [1.82, 2.24) is 14.5 Å². The minimum absolute atomic E-state index is 0.165. The highest BCUT2D eigenvalue weighted by molar-refractivity contribution is 7.21. The van der Waals surface area contributed by atoms with E-state index in [0.29, 0.717) is 5.69 Å². The Balaban J connectivity index is 1.37. The lowest BCUT2D eigenvalue weighted by atomic mass is 10.2. The van der Waals surface area contributed by atoms with E-state index in [-0.39, 0.29) is 17.7 Å². The number of nitrogens with zero attached hydrogens (tertiary/aromatic N) is 2. The number of rotatable bonds is 5. The van der Waals surface area contributed by atoms with Gasteiger partial charge in [-0.2, -0.15) is 0 Å². The Morgan fingerprint density at radius 2 is 1.86 bits per heavy atom. The van der Waals surface area contributed by atoms with E-state index < -0.39 is 23.0 Å². The highest BCUT2D eigenvalue weighted by Crippen LogP contribution is 2.31. The van der Waals surface area contributed by atoms with Gasteiger partial charge in [0.05, 0.1) is 16.8 Å². The molecule has 2 N–H and O–H groups in total. The second-order valence-electron chi connectivity index (χ2n) is 8.01. The number of carbonyl (C=O) groups is 1. The quantitative estimate of drug-likeness (QED) is 0.381. The van der Waals surface area contributed by atoms with Crippen LogP contribution in [0, 0.1) is 12.7 Å². The molecule has 9 heteroatoms. The number of hydrogen-bond donors (Lipinski definition) is 2. The molecule has 2 heterocycles. The van der Waals surface area contributed by atoms with Crippen molar-refractivity contribution in [3.63, 3.8) is 0 Å². The SMILES string of the molecule is Cc1ccc2nc(-c3ccc(NC(=O)c4c[nH]c(=O)n(Cc5ccccc5F)c4=O)cc3)sc2c1. The highest BCUT2D eigenvalue weighted by Gasteiger charge is 2.16. The number of hydrogen-bond acceptors (Lipinski definition) is 5. The van der Waals surface area contributed by atoms with Crippen LogP contribution in [-0.2, 0) is 6.54 Å². The van der Waals surface area contributed by atoms with Gasteiger partial charge in [0.15, 0.2) is 0 Å². The lowest BCUT2D eigenvalue weighted by Gasteiger charge is -2.09. The molecule has 0 radical (unpaired) electrons. The lowest BCUT2D eigenvalue weighted by molar-refractivity contribution is 0.102. The number of amides is 1. The number of aryl methyl sites for hydroxylation is 1. The van der Waals surface area contributed by atoms with E-state index >= 15 is 0 Å². The Morgan fingerprint density at radius 3 is 2.63 bits per heavy atom. The van der Waals surface area contributed by atoms with Crippen LogP contribution in [0.5, 0.6) is 0 Å². The number of nitrogens with one attached hydrogen (secondary N) is 2. The van der Waals surface area contributed by atoms with Crippen LogP contribution in [-0.4, -0.2) is 20.4 Å². The van der Waals surface area contributed by atoms with Gasteiger partial charge in [-0.05, 0) is 55.0 Å². The average Bonchev–Trinajstić information content (AvgIpc) is 3.26. The summed E-state index contributed by atoms with van der Waals surface area (Å²) in [5.74, 6) is -1.23. The number of carbonyl (C=O) groups excluding carboxylic acids is 1. The average molecular weight is 487 g/mol. The molecule has 0 atom stereocenters. The number of anilines is 1. The standard InChI is InChI=1S/C26H19FN4O3S/c1-15-6-11-21-22(12-15)35-24(30-21)16-7-9-18(10-8-16)29-23(32)19-13-28-26(34)31(25(19)33)14-17-4-2-3-5-20(17)27/h2-13H,14H2,1H3,(H,28,34)(H,29,32). The van der Waals surface area contributed by atoms with E-state index in [1.807, 2.05) is 31.2 Å². The van der Waals surface area contributed by atoms with Gasteiger partial charge >= 0.3 is 5.69 Å². The number of aromatic nitrogens is 3. The molecule has 0 unspecified atom stereocenters. The smallest absolute Gasteiger partial charge is 0.322 e. The monoisotopic (exact) mass is 486 g/mol. The third kappa shape index (κ3) is 4.53. The predicted octanol–water partition coefficient (Wildman–Crippen LogP) is 4.56. The van der Waals surface area contributed by atoms with Crippen LogP contribution in [0.4, 0.5) is 10.1 Å². The van der Waals surface area contributed by atoms with E-state index in [4.69, 9.17) is 0 Å².